The van der Waals surface area contributed by atoms with E-state index in [1.54, 1.807) is 6.07 Å². The maximum atomic E-state index is 13.2. The molecule has 3 rings (SSSR count). The van der Waals surface area contributed by atoms with Crippen LogP contribution in [0.3, 0.4) is 0 Å². The fourth-order valence-electron chi connectivity index (χ4n) is 3.02. The number of halogens is 3. The maximum Gasteiger partial charge on any atom is 0.417 e. The highest BCUT2D eigenvalue weighted by Crippen LogP contribution is 2.40. The highest BCUT2D eigenvalue weighted by molar-refractivity contribution is 5.93. The van der Waals surface area contributed by atoms with E-state index in [4.69, 9.17) is 0 Å². The van der Waals surface area contributed by atoms with Gasteiger partial charge in [0, 0.05) is 30.6 Å². The van der Waals surface area contributed by atoms with Crippen LogP contribution in [0.2, 0.25) is 0 Å². The van der Waals surface area contributed by atoms with E-state index in [1.807, 2.05) is 25.8 Å². The number of hydrogen-bond acceptors (Lipinski definition) is 3. The minimum atomic E-state index is -4.57. The highest BCUT2D eigenvalue weighted by atomic mass is 19.4. The van der Waals surface area contributed by atoms with Gasteiger partial charge in [0.2, 0.25) is 5.56 Å². The number of fused-ring (bicyclic) bond motifs is 2. The number of nitrogens with zero attached hydrogens (tertiary/aromatic N) is 1. The Kier molecular flexibility index (Phi) is 2.95. The van der Waals surface area contributed by atoms with E-state index in [2.05, 4.69) is 10.3 Å². The van der Waals surface area contributed by atoms with Crippen molar-refractivity contribution in [2.24, 2.45) is 0 Å². The molecular weight excluding hydrogens is 295 g/mol. The topological polar surface area (TPSA) is 48.1 Å². The molecule has 1 aromatic carbocycles. The largest absolute Gasteiger partial charge is 0.417 e. The summed E-state index contributed by atoms with van der Waals surface area (Å²) in [7, 11) is 1.84. The van der Waals surface area contributed by atoms with Gasteiger partial charge in [-0.15, -0.1) is 0 Å². The summed E-state index contributed by atoms with van der Waals surface area (Å²) in [6, 6.07) is 3.65. The molecule has 0 spiro atoms. The zero-order chi connectivity index (χ0) is 16.3. The highest BCUT2D eigenvalue weighted by Gasteiger charge is 2.35. The molecule has 0 radical (unpaired) electrons. The first-order valence-electron chi connectivity index (χ1n) is 6.84. The van der Waals surface area contributed by atoms with E-state index in [-0.39, 0.29) is 16.4 Å². The number of benzene rings is 1. The van der Waals surface area contributed by atoms with Gasteiger partial charge in [-0.2, -0.15) is 13.2 Å². The van der Waals surface area contributed by atoms with Crippen molar-refractivity contribution < 1.29 is 13.2 Å². The van der Waals surface area contributed by atoms with E-state index in [1.165, 1.54) is 6.07 Å². The number of likely N-dealkylation sites (N-methyl/N-ethyl adjacent to an activating group) is 1. The molecule has 22 heavy (non-hydrogen) atoms. The van der Waals surface area contributed by atoms with Crippen molar-refractivity contribution in [2.45, 2.75) is 25.6 Å². The van der Waals surface area contributed by atoms with Gasteiger partial charge in [0.05, 0.1) is 22.5 Å². The van der Waals surface area contributed by atoms with Gasteiger partial charge in [0.15, 0.2) is 0 Å². The molecule has 0 atom stereocenters. The number of hydrogen-bond donors (Lipinski definition) is 2. The smallest absolute Gasteiger partial charge is 0.377 e. The number of H-pyrrole nitrogens is 1. The molecule has 2 aromatic rings. The van der Waals surface area contributed by atoms with Crippen molar-refractivity contribution in [1.82, 2.24) is 4.98 Å². The lowest BCUT2D eigenvalue weighted by atomic mass is 9.98. The SMILES string of the molecule is CN1CC(C)(C)Nc2cc3[nH]c(=O)cc(C(F)(F)F)c3cc21. The second-order valence-electron chi connectivity index (χ2n) is 6.32. The van der Waals surface area contributed by atoms with Crippen molar-refractivity contribution in [1.29, 1.82) is 0 Å². The van der Waals surface area contributed by atoms with Crippen molar-refractivity contribution in [3.63, 3.8) is 0 Å². The molecule has 0 bridgehead atoms. The summed E-state index contributed by atoms with van der Waals surface area (Å²) in [6.07, 6.45) is -4.57. The van der Waals surface area contributed by atoms with Crippen LogP contribution in [-0.4, -0.2) is 24.1 Å². The maximum absolute atomic E-state index is 13.2. The first-order chi connectivity index (χ1) is 10.1. The van der Waals surface area contributed by atoms with E-state index in [0.717, 1.165) is 0 Å². The van der Waals surface area contributed by atoms with Gasteiger partial charge in [-0.25, -0.2) is 0 Å². The van der Waals surface area contributed by atoms with E-state index < -0.39 is 17.3 Å². The van der Waals surface area contributed by atoms with Gasteiger partial charge in [0.25, 0.3) is 0 Å². The van der Waals surface area contributed by atoms with Gasteiger partial charge in [-0.1, -0.05) is 0 Å². The number of nitrogens with one attached hydrogen (secondary N) is 2. The standard InChI is InChI=1S/C15H16F3N3O/c1-14(2)7-21(3)12-4-8-9(15(16,17)18)5-13(22)19-10(8)6-11(12)20-14/h4-6,20H,7H2,1-3H3,(H,19,22). The second-order valence-corrected chi connectivity index (χ2v) is 6.32. The van der Waals surface area contributed by atoms with Crippen LogP contribution < -0.4 is 15.8 Å². The normalized spacial score (nSPS) is 17.3. The molecule has 0 aliphatic carbocycles. The Labute approximate surface area is 124 Å². The average Bonchev–Trinajstić information content (AvgIpc) is 2.33. The molecule has 2 N–H and O–H groups in total. The zero-order valence-corrected chi connectivity index (χ0v) is 12.4. The van der Waals surface area contributed by atoms with Crippen LogP contribution in [0.1, 0.15) is 19.4 Å². The van der Waals surface area contributed by atoms with Gasteiger partial charge in [-0.05, 0) is 26.0 Å². The Morgan fingerprint density at radius 2 is 1.91 bits per heavy atom. The van der Waals surface area contributed by atoms with Crippen LogP contribution in [0, 0.1) is 0 Å². The molecule has 7 heteroatoms. The molecule has 118 valence electrons. The van der Waals surface area contributed by atoms with Crippen molar-refractivity contribution in [3.05, 3.63) is 34.1 Å². The molecule has 1 aliphatic heterocycles. The molecule has 2 heterocycles. The first kappa shape index (κ1) is 14.7. The number of aromatic nitrogens is 1. The number of rotatable bonds is 0. The lowest BCUT2D eigenvalue weighted by molar-refractivity contribution is -0.136. The Bertz CT molecular complexity index is 808. The van der Waals surface area contributed by atoms with E-state index >= 15 is 0 Å². The molecule has 1 aromatic heterocycles. The lowest BCUT2D eigenvalue weighted by Gasteiger charge is -2.40. The Hall–Kier alpha value is -2.18. The molecule has 0 saturated carbocycles. The van der Waals surface area contributed by atoms with Crippen molar-refractivity contribution in [3.8, 4) is 0 Å². The Morgan fingerprint density at radius 1 is 1.23 bits per heavy atom. The second kappa shape index (κ2) is 4.41. The zero-order valence-electron chi connectivity index (χ0n) is 12.4. The van der Waals surface area contributed by atoms with Crippen molar-refractivity contribution >= 4 is 22.3 Å². The van der Waals surface area contributed by atoms with Crippen LogP contribution in [-0.2, 0) is 6.18 Å². The summed E-state index contributed by atoms with van der Waals surface area (Å²) < 4.78 is 39.5. The number of anilines is 2. The summed E-state index contributed by atoms with van der Waals surface area (Å²) in [6.45, 7) is 4.67. The van der Waals surface area contributed by atoms with Crippen LogP contribution in [0.5, 0.6) is 0 Å². The third-order valence-electron chi connectivity index (χ3n) is 3.78. The van der Waals surface area contributed by atoms with Crippen LogP contribution in [0.4, 0.5) is 24.5 Å². The molecule has 1 aliphatic rings. The minimum absolute atomic E-state index is 0.000735. The molecule has 0 fully saturated rings. The predicted molar refractivity (Wildman–Crippen MR) is 80.5 cm³/mol. The fourth-order valence-corrected chi connectivity index (χ4v) is 3.02. The molecule has 0 amide bonds. The van der Waals surface area contributed by atoms with Gasteiger partial charge < -0.3 is 15.2 Å². The van der Waals surface area contributed by atoms with Crippen molar-refractivity contribution in [2.75, 3.05) is 23.8 Å². The molecule has 4 nitrogen and oxygen atoms in total. The minimum Gasteiger partial charge on any atom is -0.377 e. The van der Waals surface area contributed by atoms with Gasteiger partial charge >= 0.3 is 6.18 Å². The monoisotopic (exact) mass is 311 g/mol. The van der Waals surface area contributed by atoms with Gasteiger partial charge in [0.1, 0.15) is 0 Å². The van der Waals surface area contributed by atoms with Crippen LogP contribution in [0.15, 0.2) is 23.0 Å². The summed E-state index contributed by atoms with van der Waals surface area (Å²) in [5.74, 6) is 0. The molecule has 0 unspecified atom stereocenters. The number of alkyl halides is 3. The fraction of sp³-hybridized carbons (Fsp3) is 0.400. The Morgan fingerprint density at radius 3 is 2.55 bits per heavy atom. The number of pyridine rings is 1. The summed E-state index contributed by atoms with van der Waals surface area (Å²) in [4.78, 5) is 15.9. The van der Waals surface area contributed by atoms with Crippen LogP contribution in [0.25, 0.3) is 10.9 Å². The molecule has 0 saturated heterocycles. The average molecular weight is 311 g/mol. The first-order valence-corrected chi connectivity index (χ1v) is 6.84. The van der Waals surface area contributed by atoms with E-state index in [9.17, 15) is 18.0 Å². The third kappa shape index (κ3) is 2.40. The van der Waals surface area contributed by atoms with E-state index in [0.29, 0.717) is 24.0 Å². The lowest BCUT2D eigenvalue weighted by Crippen LogP contribution is -2.46. The Balaban J connectivity index is 2.32. The number of aromatic amines is 1. The van der Waals surface area contributed by atoms with Gasteiger partial charge in [-0.3, -0.25) is 4.79 Å². The third-order valence-corrected chi connectivity index (χ3v) is 3.78. The summed E-state index contributed by atoms with van der Waals surface area (Å²) >= 11 is 0. The summed E-state index contributed by atoms with van der Waals surface area (Å²) in [5.41, 5.74) is -0.310. The predicted octanol–water partition coefficient (Wildman–Crippen LogP) is 3.19. The summed E-state index contributed by atoms with van der Waals surface area (Å²) in [5, 5.41) is 3.29. The van der Waals surface area contributed by atoms with Crippen LogP contribution >= 0.6 is 0 Å². The molecular formula is C15H16F3N3O. The quantitative estimate of drug-likeness (QED) is 0.785.